The molecule has 0 saturated heterocycles. The van der Waals surface area contributed by atoms with Gasteiger partial charge in [0.15, 0.2) is 6.61 Å². The molecule has 0 saturated carbocycles. The molecule has 0 aliphatic heterocycles. The van der Waals surface area contributed by atoms with Gasteiger partial charge in [0.1, 0.15) is 17.1 Å². The first kappa shape index (κ1) is 22.0. The van der Waals surface area contributed by atoms with Crippen molar-refractivity contribution in [3.8, 4) is 11.5 Å². The number of likely N-dealkylation sites (N-methyl/N-ethyl adjacent to an activating group) is 1. The zero-order chi connectivity index (χ0) is 21.4. The van der Waals surface area contributed by atoms with Crippen molar-refractivity contribution in [3.63, 3.8) is 0 Å². The van der Waals surface area contributed by atoms with Gasteiger partial charge in [-0.05, 0) is 24.3 Å². The molecular weight excluding hydrogens is 400 g/mol. The molecule has 0 aliphatic carbocycles. The Labute approximate surface area is 173 Å². The van der Waals surface area contributed by atoms with Crippen LogP contribution >= 0.6 is 11.6 Å². The van der Waals surface area contributed by atoms with Gasteiger partial charge in [-0.1, -0.05) is 29.8 Å². The first-order chi connectivity index (χ1) is 13.9. The van der Waals surface area contributed by atoms with Crippen LogP contribution in [0.1, 0.15) is 10.4 Å². The molecule has 8 nitrogen and oxygen atoms in total. The van der Waals surface area contributed by atoms with E-state index in [0.717, 1.165) is 4.90 Å². The SMILES string of the molecule is COc1cccc(OC)c1C(=O)OCC(=O)N(C)CC(=O)Nc1ccccc1Cl. The number of nitrogens with one attached hydrogen (secondary N) is 1. The Bertz CT molecular complexity index is 880. The van der Waals surface area contributed by atoms with Crippen molar-refractivity contribution in [2.45, 2.75) is 0 Å². The quantitative estimate of drug-likeness (QED) is 0.660. The summed E-state index contributed by atoms with van der Waals surface area (Å²) in [4.78, 5) is 37.8. The van der Waals surface area contributed by atoms with Crippen molar-refractivity contribution in [2.24, 2.45) is 0 Å². The second kappa shape index (κ2) is 10.3. The first-order valence-corrected chi connectivity index (χ1v) is 8.91. The Morgan fingerprint density at radius 2 is 1.62 bits per heavy atom. The molecule has 0 fully saturated rings. The molecule has 1 N–H and O–H groups in total. The standard InChI is InChI=1S/C20H21ClN2O6/c1-23(11-17(24)22-14-8-5-4-7-13(14)21)18(25)12-29-20(26)19-15(27-2)9-6-10-16(19)28-3/h4-10H,11-12H2,1-3H3,(H,22,24). The van der Waals surface area contributed by atoms with Gasteiger partial charge in [-0.3, -0.25) is 9.59 Å². The minimum Gasteiger partial charge on any atom is -0.496 e. The van der Waals surface area contributed by atoms with E-state index in [4.69, 9.17) is 25.8 Å². The molecule has 2 rings (SSSR count). The van der Waals surface area contributed by atoms with E-state index in [0.29, 0.717) is 10.7 Å². The molecule has 0 bridgehead atoms. The van der Waals surface area contributed by atoms with Crippen LogP contribution in [0.3, 0.4) is 0 Å². The van der Waals surface area contributed by atoms with E-state index in [1.807, 2.05) is 0 Å². The van der Waals surface area contributed by atoms with Crippen molar-refractivity contribution < 1.29 is 28.6 Å². The highest BCUT2D eigenvalue weighted by Gasteiger charge is 2.22. The van der Waals surface area contributed by atoms with Gasteiger partial charge in [-0.15, -0.1) is 0 Å². The second-order valence-electron chi connectivity index (χ2n) is 5.89. The number of esters is 1. The van der Waals surface area contributed by atoms with Crippen LogP contribution < -0.4 is 14.8 Å². The fourth-order valence-corrected chi connectivity index (χ4v) is 2.60. The normalized spacial score (nSPS) is 10.1. The van der Waals surface area contributed by atoms with Gasteiger partial charge < -0.3 is 24.4 Å². The molecule has 2 amide bonds. The lowest BCUT2D eigenvalue weighted by molar-refractivity contribution is -0.136. The molecule has 2 aromatic rings. The maximum Gasteiger partial charge on any atom is 0.346 e. The molecule has 29 heavy (non-hydrogen) atoms. The predicted molar refractivity (Wildman–Crippen MR) is 108 cm³/mol. The van der Waals surface area contributed by atoms with E-state index in [1.165, 1.54) is 21.3 Å². The molecule has 154 valence electrons. The minimum atomic E-state index is -0.776. The Balaban J connectivity index is 1.92. The average Bonchev–Trinajstić information content (AvgIpc) is 2.72. The number of amides is 2. The van der Waals surface area contributed by atoms with Crippen molar-refractivity contribution in [2.75, 3.05) is 39.7 Å². The predicted octanol–water partition coefficient (Wildman–Crippen LogP) is 2.61. The summed E-state index contributed by atoms with van der Waals surface area (Å²) in [6.07, 6.45) is 0. The number of ether oxygens (including phenoxy) is 3. The number of hydrogen-bond acceptors (Lipinski definition) is 6. The summed E-state index contributed by atoms with van der Waals surface area (Å²) in [5.74, 6) is -1.25. The summed E-state index contributed by atoms with van der Waals surface area (Å²) in [7, 11) is 4.23. The number of rotatable bonds is 8. The highest BCUT2D eigenvalue weighted by atomic mass is 35.5. The van der Waals surface area contributed by atoms with Crippen molar-refractivity contribution in [3.05, 3.63) is 53.1 Å². The fraction of sp³-hybridized carbons (Fsp3) is 0.250. The number of carbonyl (C=O) groups excluding carboxylic acids is 3. The monoisotopic (exact) mass is 420 g/mol. The second-order valence-corrected chi connectivity index (χ2v) is 6.30. The van der Waals surface area contributed by atoms with Crippen LogP contribution in [0.15, 0.2) is 42.5 Å². The average molecular weight is 421 g/mol. The molecule has 0 spiro atoms. The van der Waals surface area contributed by atoms with E-state index in [9.17, 15) is 14.4 Å². The molecule has 0 radical (unpaired) electrons. The van der Waals surface area contributed by atoms with E-state index in [1.54, 1.807) is 42.5 Å². The number of hydrogen-bond donors (Lipinski definition) is 1. The smallest absolute Gasteiger partial charge is 0.346 e. The highest BCUT2D eigenvalue weighted by molar-refractivity contribution is 6.33. The lowest BCUT2D eigenvalue weighted by Gasteiger charge is -2.17. The third-order valence-electron chi connectivity index (χ3n) is 3.91. The summed E-state index contributed by atoms with van der Waals surface area (Å²) < 4.78 is 15.4. The Morgan fingerprint density at radius 1 is 1.00 bits per heavy atom. The molecule has 0 heterocycles. The Hall–Kier alpha value is -3.26. The molecule has 9 heteroatoms. The fourth-order valence-electron chi connectivity index (χ4n) is 2.42. The minimum absolute atomic E-state index is 0.0735. The van der Waals surface area contributed by atoms with Crippen LogP contribution in [0, 0.1) is 0 Å². The third kappa shape index (κ3) is 5.86. The number of halogens is 1. The van der Waals surface area contributed by atoms with Gasteiger partial charge in [-0.2, -0.15) is 0 Å². The van der Waals surface area contributed by atoms with Crippen LogP contribution in [0.2, 0.25) is 5.02 Å². The maximum atomic E-state index is 12.4. The van der Waals surface area contributed by atoms with Gasteiger partial charge in [-0.25, -0.2) is 4.79 Å². The zero-order valence-electron chi connectivity index (χ0n) is 16.2. The van der Waals surface area contributed by atoms with Gasteiger partial charge in [0, 0.05) is 7.05 Å². The molecule has 0 aromatic heterocycles. The van der Waals surface area contributed by atoms with E-state index in [2.05, 4.69) is 5.32 Å². The number of methoxy groups -OCH3 is 2. The van der Waals surface area contributed by atoms with Crippen molar-refractivity contribution >= 4 is 35.1 Å². The Kier molecular flexibility index (Phi) is 7.85. The molecular formula is C20H21ClN2O6. The van der Waals surface area contributed by atoms with E-state index < -0.39 is 24.4 Å². The highest BCUT2D eigenvalue weighted by Crippen LogP contribution is 2.28. The van der Waals surface area contributed by atoms with Gasteiger partial charge in [0.05, 0.1) is 31.5 Å². The van der Waals surface area contributed by atoms with Crippen LogP contribution in [0.4, 0.5) is 5.69 Å². The summed E-state index contributed by atoms with van der Waals surface area (Å²) in [5.41, 5.74) is 0.513. The van der Waals surface area contributed by atoms with Gasteiger partial charge >= 0.3 is 5.97 Å². The summed E-state index contributed by atoms with van der Waals surface area (Å²) in [6.45, 7) is -0.782. The number of anilines is 1. The van der Waals surface area contributed by atoms with Crippen molar-refractivity contribution in [1.29, 1.82) is 0 Å². The summed E-state index contributed by atoms with van der Waals surface area (Å²) >= 11 is 5.99. The van der Waals surface area contributed by atoms with E-state index in [-0.39, 0.29) is 23.6 Å². The molecule has 0 atom stereocenters. The number of carbonyl (C=O) groups is 3. The topological polar surface area (TPSA) is 94.2 Å². The van der Waals surface area contributed by atoms with Crippen molar-refractivity contribution in [1.82, 2.24) is 4.90 Å². The van der Waals surface area contributed by atoms with Gasteiger partial charge in [0.2, 0.25) is 5.91 Å². The molecule has 2 aromatic carbocycles. The van der Waals surface area contributed by atoms with Crippen LogP contribution in [0.5, 0.6) is 11.5 Å². The van der Waals surface area contributed by atoms with Crippen LogP contribution in [-0.4, -0.2) is 57.1 Å². The zero-order valence-corrected chi connectivity index (χ0v) is 17.0. The molecule has 0 aliphatic rings. The number of para-hydroxylation sites is 1. The Morgan fingerprint density at radius 3 is 2.21 bits per heavy atom. The summed E-state index contributed by atoms with van der Waals surface area (Å²) in [6, 6.07) is 11.5. The van der Waals surface area contributed by atoms with Gasteiger partial charge in [0.25, 0.3) is 5.91 Å². The maximum absolute atomic E-state index is 12.4. The van der Waals surface area contributed by atoms with Crippen LogP contribution in [-0.2, 0) is 14.3 Å². The number of nitrogens with zero attached hydrogens (tertiary/aromatic N) is 1. The lowest BCUT2D eigenvalue weighted by atomic mass is 10.2. The van der Waals surface area contributed by atoms with E-state index >= 15 is 0 Å². The summed E-state index contributed by atoms with van der Waals surface area (Å²) in [5, 5.41) is 3.00. The molecule has 0 unspecified atom stereocenters. The number of benzene rings is 2. The van der Waals surface area contributed by atoms with Crippen LogP contribution in [0.25, 0.3) is 0 Å². The largest absolute Gasteiger partial charge is 0.496 e. The lowest BCUT2D eigenvalue weighted by Crippen LogP contribution is -2.37. The first-order valence-electron chi connectivity index (χ1n) is 8.53. The third-order valence-corrected chi connectivity index (χ3v) is 4.24.